The Morgan fingerprint density at radius 1 is 1.08 bits per heavy atom. The third-order valence-electron chi connectivity index (χ3n) is 5.71. The van der Waals surface area contributed by atoms with Crippen molar-refractivity contribution in [2.24, 2.45) is 0 Å². The monoisotopic (exact) mass is 541 g/mol. The summed E-state index contributed by atoms with van der Waals surface area (Å²) < 4.78 is 10.4. The average molecular weight is 542 g/mol. The van der Waals surface area contributed by atoms with E-state index >= 15 is 0 Å². The Hall–Kier alpha value is -3.62. The van der Waals surface area contributed by atoms with Gasteiger partial charge in [-0.05, 0) is 55.3 Å². The van der Waals surface area contributed by atoms with Gasteiger partial charge in [0.15, 0.2) is 6.61 Å². The number of ether oxygens (including phenoxy) is 2. The number of nitrogens with one attached hydrogen (secondary N) is 2. The predicted molar refractivity (Wildman–Crippen MR) is 139 cm³/mol. The third kappa shape index (κ3) is 6.39. The van der Waals surface area contributed by atoms with Crippen LogP contribution in [0.5, 0.6) is 5.75 Å². The van der Waals surface area contributed by atoms with Gasteiger partial charge in [0.1, 0.15) is 5.75 Å². The van der Waals surface area contributed by atoms with Crippen molar-refractivity contribution in [3.8, 4) is 5.75 Å². The number of hydrogen-bond acceptors (Lipinski definition) is 6. The molecule has 1 aromatic heterocycles. The molecule has 8 nitrogen and oxygen atoms in total. The summed E-state index contributed by atoms with van der Waals surface area (Å²) in [5.74, 6) is -1.40. The van der Waals surface area contributed by atoms with Gasteiger partial charge in [0, 0.05) is 15.6 Å². The first-order valence-electron chi connectivity index (χ1n) is 11.6. The third-order valence-corrected chi connectivity index (χ3v) is 6.27. The fraction of sp³-hybridized carbons (Fsp3) is 0.259. The molecule has 2 amide bonds. The van der Waals surface area contributed by atoms with Crippen LogP contribution < -0.4 is 15.4 Å². The number of nitrogens with zero attached hydrogens (tertiary/aromatic N) is 1. The summed E-state index contributed by atoms with van der Waals surface area (Å²) in [6.45, 7) is 3.43. The molecule has 0 radical (unpaired) electrons. The summed E-state index contributed by atoms with van der Waals surface area (Å²) in [5.41, 5.74) is 2.20. The molecule has 2 heterocycles. The molecule has 0 saturated carbocycles. The summed E-state index contributed by atoms with van der Waals surface area (Å²) in [6, 6.07) is 14.6. The topological polar surface area (TPSA) is 107 Å². The van der Waals surface area contributed by atoms with E-state index in [9.17, 15) is 14.4 Å². The molecule has 37 heavy (non-hydrogen) atoms. The zero-order valence-electron chi connectivity index (χ0n) is 20.2. The van der Waals surface area contributed by atoms with E-state index in [0.717, 1.165) is 0 Å². The van der Waals surface area contributed by atoms with Gasteiger partial charge >= 0.3 is 5.97 Å². The molecule has 0 unspecified atom stereocenters. The Labute approximate surface area is 224 Å². The van der Waals surface area contributed by atoms with Crippen molar-refractivity contribution < 1.29 is 23.9 Å². The normalized spacial score (nSPS) is 16.5. The van der Waals surface area contributed by atoms with Gasteiger partial charge in [-0.25, -0.2) is 4.79 Å². The maximum absolute atomic E-state index is 13.5. The molecular formula is C27H25Cl2N3O5. The lowest BCUT2D eigenvalue weighted by molar-refractivity contribution is -0.149. The second-order valence-electron chi connectivity index (χ2n) is 8.71. The van der Waals surface area contributed by atoms with Crippen molar-refractivity contribution in [1.29, 1.82) is 0 Å². The molecule has 192 valence electrons. The van der Waals surface area contributed by atoms with Gasteiger partial charge in [-0.3, -0.25) is 14.6 Å². The van der Waals surface area contributed by atoms with Crippen LogP contribution in [0.2, 0.25) is 10.0 Å². The molecule has 1 aliphatic rings. The number of benzene rings is 2. The first-order valence-corrected chi connectivity index (χ1v) is 12.4. The number of fused-ring (bicyclic) bond motifs is 1. The van der Waals surface area contributed by atoms with Crippen molar-refractivity contribution in [3.05, 3.63) is 93.2 Å². The van der Waals surface area contributed by atoms with Gasteiger partial charge < -0.3 is 20.1 Å². The lowest BCUT2D eigenvalue weighted by Crippen LogP contribution is -2.44. The molecule has 0 spiro atoms. The number of amides is 2. The van der Waals surface area contributed by atoms with E-state index in [1.54, 1.807) is 68.4 Å². The van der Waals surface area contributed by atoms with E-state index in [0.29, 0.717) is 38.2 Å². The molecule has 0 bridgehead atoms. The van der Waals surface area contributed by atoms with Crippen LogP contribution in [0.1, 0.15) is 53.0 Å². The quantitative estimate of drug-likeness (QED) is 0.403. The highest BCUT2D eigenvalue weighted by Crippen LogP contribution is 2.40. The number of halogens is 2. The summed E-state index contributed by atoms with van der Waals surface area (Å²) >= 11 is 12.5. The number of esters is 1. The first-order chi connectivity index (χ1) is 17.7. The Morgan fingerprint density at radius 2 is 1.86 bits per heavy atom. The highest BCUT2D eigenvalue weighted by atomic mass is 35.5. The lowest BCUT2D eigenvalue weighted by Gasteiger charge is -2.34. The fourth-order valence-electron chi connectivity index (χ4n) is 4.09. The molecule has 0 aliphatic carbocycles. The second-order valence-corrected chi connectivity index (χ2v) is 9.56. The largest absolute Gasteiger partial charge is 0.480 e. The molecular weight excluding hydrogens is 517 g/mol. The molecule has 10 heteroatoms. The van der Waals surface area contributed by atoms with E-state index in [1.165, 1.54) is 6.20 Å². The van der Waals surface area contributed by atoms with Crippen molar-refractivity contribution in [2.75, 3.05) is 6.61 Å². The van der Waals surface area contributed by atoms with E-state index in [-0.39, 0.29) is 31.1 Å². The van der Waals surface area contributed by atoms with E-state index < -0.39 is 17.9 Å². The zero-order chi connectivity index (χ0) is 26.5. The minimum Gasteiger partial charge on any atom is -0.480 e. The summed E-state index contributed by atoms with van der Waals surface area (Å²) in [5, 5.41) is 6.64. The average Bonchev–Trinajstić information content (AvgIpc) is 2.86. The van der Waals surface area contributed by atoms with E-state index in [4.69, 9.17) is 32.7 Å². The number of pyridine rings is 1. The second kappa shape index (κ2) is 11.6. The molecule has 4 rings (SSSR count). The van der Waals surface area contributed by atoms with Crippen LogP contribution in [0.15, 0.2) is 60.8 Å². The number of carbonyl (C=O) groups is 3. The summed E-state index contributed by atoms with van der Waals surface area (Å²) in [7, 11) is 0. The molecule has 2 aromatic carbocycles. The maximum Gasteiger partial charge on any atom is 0.344 e. The van der Waals surface area contributed by atoms with Gasteiger partial charge in [-0.1, -0.05) is 47.5 Å². The molecule has 1 aliphatic heterocycles. The Balaban J connectivity index is 1.49. The molecule has 2 atom stereocenters. The van der Waals surface area contributed by atoms with Crippen LogP contribution in [0, 0.1) is 0 Å². The van der Waals surface area contributed by atoms with Crippen LogP contribution in [0.3, 0.4) is 0 Å². The number of carbonyl (C=O) groups excluding carboxylic acids is 3. The van der Waals surface area contributed by atoms with Crippen LogP contribution in [0.4, 0.5) is 0 Å². The Bertz CT molecular complexity index is 1310. The van der Waals surface area contributed by atoms with Crippen LogP contribution in [-0.4, -0.2) is 35.5 Å². The Kier molecular flexibility index (Phi) is 8.31. The molecule has 0 saturated heterocycles. The van der Waals surface area contributed by atoms with Crippen molar-refractivity contribution in [3.63, 3.8) is 0 Å². The molecule has 2 N–H and O–H groups in total. The van der Waals surface area contributed by atoms with Gasteiger partial charge in [-0.15, -0.1) is 0 Å². The van der Waals surface area contributed by atoms with Gasteiger partial charge in [0.25, 0.3) is 5.91 Å². The van der Waals surface area contributed by atoms with E-state index in [2.05, 4.69) is 15.6 Å². The summed E-state index contributed by atoms with van der Waals surface area (Å²) in [4.78, 5) is 42.2. The number of hydrogen-bond donors (Lipinski definition) is 2. The van der Waals surface area contributed by atoms with Gasteiger partial charge in [-0.2, -0.15) is 0 Å². The highest BCUT2D eigenvalue weighted by Gasteiger charge is 2.39. The van der Waals surface area contributed by atoms with Gasteiger partial charge in [0.05, 0.1) is 36.5 Å². The van der Waals surface area contributed by atoms with Crippen molar-refractivity contribution in [1.82, 2.24) is 15.6 Å². The van der Waals surface area contributed by atoms with E-state index in [1.807, 2.05) is 0 Å². The fourth-order valence-corrected chi connectivity index (χ4v) is 4.61. The smallest absolute Gasteiger partial charge is 0.344 e. The summed E-state index contributed by atoms with van der Waals surface area (Å²) in [6.07, 6.45) is 1.25. The van der Waals surface area contributed by atoms with Crippen LogP contribution >= 0.6 is 23.2 Å². The van der Waals surface area contributed by atoms with Crippen LogP contribution in [-0.2, 0) is 20.9 Å². The minimum absolute atomic E-state index is 0.141. The molecule has 3 aromatic rings. The maximum atomic E-state index is 13.5. The van der Waals surface area contributed by atoms with Crippen molar-refractivity contribution >= 4 is 41.0 Å². The SMILES string of the molecule is CC(C)OC(=O)COc1ccc(CNC(=O)[C@@H]2c3ccccc3C(=O)N[C@H]2c2ccc(Cl)cc2Cl)nc1. The lowest BCUT2D eigenvalue weighted by atomic mass is 9.80. The van der Waals surface area contributed by atoms with Gasteiger partial charge in [0.2, 0.25) is 5.91 Å². The standard InChI is InChI=1S/C27H25Cl2N3O5/c1-15(2)37-23(33)14-36-18-9-8-17(30-13-18)12-31-27(35)24-19-5-3-4-6-20(19)26(34)32-25(24)21-10-7-16(28)11-22(21)29/h3-11,13,15,24-25H,12,14H2,1-2H3,(H,31,35)(H,32,34)/t24-,25+/m1/s1. The molecule has 0 fully saturated rings. The van der Waals surface area contributed by atoms with Crippen molar-refractivity contribution in [2.45, 2.75) is 38.5 Å². The number of aromatic nitrogens is 1. The van der Waals surface area contributed by atoms with Crippen LogP contribution in [0.25, 0.3) is 0 Å². The zero-order valence-corrected chi connectivity index (χ0v) is 21.7. The minimum atomic E-state index is -0.734. The number of rotatable bonds is 8. The first kappa shape index (κ1) is 26.4. The highest BCUT2D eigenvalue weighted by molar-refractivity contribution is 6.35. The predicted octanol–water partition coefficient (Wildman–Crippen LogP) is 4.60. The Morgan fingerprint density at radius 3 is 2.57 bits per heavy atom.